The standard InChI is InChI=1S/C14H20O4/c1-16-10-17-12-7-13(9-15)18-14(8-12)11-5-3-2-4-6-11/h2-6,12-15H,7-10H2,1H3/t12-,13+,14-/m1/s1. The molecule has 1 fully saturated rings. The predicted octanol–water partition coefficient (Wildman–Crippen LogP) is 1.89. The maximum atomic E-state index is 9.29. The normalized spacial score (nSPS) is 28.2. The number of ether oxygens (including phenoxy) is 3. The van der Waals surface area contributed by atoms with Crippen LogP contribution >= 0.6 is 0 Å². The van der Waals surface area contributed by atoms with E-state index in [1.54, 1.807) is 7.11 Å². The van der Waals surface area contributed by atoms with Crippen LogP contribution in [0.1, 0.15) is 24.5 Å². The highest BCUT2D eigenvalue weighted by Gasteiger charge is 2.30. The molecule has 1 aliphatic heterocycles. The summed E-state index contributed by atoms with van der Waals surface area (Å²) in [6.45, 7) is 0.306. The van der Waals surface area contributed by atoms with Crippen LogP contribution in [-0.2, 0) is 14.2 Å². The highest BCUT2D eigenvalue weighted by Crippen LogP contribution is 2.32. The van der Waals surface area contributed by atoms with E-state index in [9.17, 15) is 5.11 Å². The first-order valence-electron chi connectivity index (χ1n) is 6.25. The van der Waals surface area contributed by atoms with Gasteiger partial charge in [-0.3, -0.25) is 0 Å². The first-order chi connectivity index (χ1) is 8.83. The summed E-state index contributed by atoms with van der Waals surface area (Å²) in [4.78, 5) is 0. The van der Waals surface area contributed by atoms with Gasteiger partial charge in [-0.1, -0.05) is 30.3 Å². The summed E-state index contributed by atoms with van der Waals surface area (Å²) in [5, 5.41) is 9.29. The van der Waals surface area contributed by atoms with Crippen LogP contribution < -0.4 is 0 Å². The lowest BCUT2D eigenvalue weighted by molar-refractivity contribution is -0.157. The van der Waals surface area contributed by atoms with Crippen LogP contribution in [0.2, 0.25) is 0 Å². The van der Waals surface area contributed by atoms with Crippen LogP contribution in [0.25, 0.3) is 0 Å². The molecule has 0 aromatic heterocycles. The van der Waals surface area contributed by atoms with Gasteiger partial charge in [0, 0.05) is 20.0 Å². The van der Waals surface area contributed by atoms with Crippen LogP contribution in [-0.4, -0.2) is 37.8 Å². The largest absolute Gasteiger partial charge is 0.394 e. The molecule has 1 saturated heterocycles. The molecule has 4 heteroatoms. The van der Waals surface area contributed by atoms with Crippen molar-refractivity contribution in [3.8, 4) is 0 Å². The molecule has 3 atom stereocenters. The van der Waals surface area contributed by atoms with Crippen molar-refractivity contribution in [2.24, 2.45) is 0 Å². The summed E-state index contributed by atoms with van der Waals surface area (Å²) in [7, 11) is 1.61. The first-order valence-corrected chi connectivity index (χ1v) is 6.25. The van der Waals surface area contributed by atoms with Gasteiger partial charge in [0.05, 0.1) is 24.9 Å². The smallest absolute Gasteiger partial charge is 0.146 e. The average molecular weight is 252 g/mol. The van der Waals surface area contributed by atoms with Crippen molar-refractivity contribution in [2.45, 2.75) is 31.2 Å². The number of rotatable bonds is 5. The Morgan fingerprint density at radius 1 is 1.28 bits per heavy atom. The van der Waals surface area contributed by atoms with E-state index in [2.05, 4.69) is 0 Å². The van der Waals surface area contributed by atoms with E-state index in [-0.39, 0.29) is 31.7 Å². The van der Waals surface area contributed by atoms with Gasteiger partial charge in [-0.2, -0.15) is 0 Å². The van der Waals surface area contributed by atoms with E-state index in [1.807, 2.05) is 30.3 Å². The minimum atomic E-state index is -0.161. The molecule has 4 nitrogen and oxygen atoms in total. The number of aliphatic hydroxyl groups excluding tert-OH is 1. The molecular formula is C14H20O4. The Hall–Kier alpha value is -0.940. The maximum Gasteiger partial charge on any atom is 0.146 e. The highest BCUT2D eigenvalue weighted by atomic mass is 16.7. The zero-order chi connectivity index (χ0) is 12.8. The van der Waals surface area contributed by atoms with Gasteiger partial charge in [-0.15, -0.1) is 0 Å². The minimum Gasteiger partial charge on any atom is -0.394 e. The fourth-order valence-corrected chi connectivity index (χ4v) is 2.27. The van der Waals surface area contributed by atoms with E-state index in [0.29, 0.717) is 6.42 Å². The monoisotopic (exact) mass is 252 g/mol. The molecule has 0 bridgehead atoms. The molecule has 1 aliphatic rings. The summed E-state index contributed by atoms with van der Waals surface area (Å²) in [6, 6.07) is 10.0. The molecule has 0 aliphatic carbocycles. The van der Waals surface area contributed by atoms with Gasteiger partial charge in [0.1, 0.15) is 6.79 Å². The lowest BCUT2D eigenvalue weighted by Gasteiger charge is -2.34. The van der Waals surface area contributed by atoms with E-state index in [1.165, 1.54) is 0 Å². The molecule has 1 aromatic carbocycles. The van der Waals surface area contributed by atoms with Crippen molar-refractivity contribution in [2.75, 3.05) is 20.5 Å². The Balaban J connectivity index is 2.01. The Morgan fingerprint density at radius 3 is 2.72 bits per heavy atom. The molecule has 100 valence electrons. The van der Waals surface area contributed by atoms with Gasteiger partial charge in [0.15, 0.2) is 0 Å². The van der Waals surface area contributed by atoms with Crippen molar-refractivity contribution in [3.05, 3.63) is 35.9 Å². The van der Waals surface area contributed by atoms with Gasteiger partial charge in [-0.05, 0) is 5.56 Å². The first kappa shape index (κ1) is 13.5. The van der Waals surface area contributed by atoms with Crippen LogP contribution in [0.15, 0.2) is 30.3 Å². The molecular weight excluding hydrogens is 232 g/mol. The maximum absolute atomic E-state index is 9.29. The molecule has 0 amide bonds. The Morgan fingerprint density at radius 2 is 2.06 bits per heavy atom. The topological polar surface area (TPSA) is 47.9 Å². The molecule has 0 radical (unpaired) electrons. The third-order valence-corrected chi connectivity index (χ3v) is 3.16. The van der Waals surface area contributed by atoms with Crippen molar-refractivity contribution < 1.29 is 19.3 Å². The summed E-state index contributed by atoms with van der Waals surface area (Å²) in [5.41, 5.74) is 1.13. The van der Waals surface area contributed by atoms with Gasteiger partial charge in [-0.25, -0.2) is 0 Å². The zero-order valence-electron chi connectivity index (χ0n) is 10.6. The fourth-order valence-electron chi connectivity index (χ4n) is 2.27. The molecule has 1 N–H and O–H groups in total. The second-order valence-electron chi connectivity index (χ2n) is 4.51. The van der Waals surface area contributed by atoms with Crippen molar-refractivity contribution >= 4 is 0 Å². The summed E-state index contributed by atoms with van der Waals surface area (Å²) in [5.74, 6) is 0. The Kier molecular flexibility index (Phi) is 5.13. The molecule has 0 spiro atoms. The third-order valence-electron chi connectivity index (χ3n) is 3.16. The van der Waals surface area contributed by atoms with Gasteiger partial charge >= 0.3 is 0 Å². The van der Waals surface area contributed by atoms with E-state index >= 15 is 0 Å². The van der Waals surface area contributed by atoms with Crippen molar-refractivity contribution in [1.82, 2.24) is 0 Å². The summed E-state index contributed by atoms with van der Waals surface area (Å²) in [6.07, 6.45) is 1.40. The molecule has 2 rings (SSSR count). The second kappa shape index (κ2) is 6.85. The number of benzene rings is 1. The second-order valence-corrected chi connectivity index (χ2v) is 4.51. The van der Waals surface area contributed by atoms with Gasteiger partial charge in [0.2, 0.25) is 0 Å². The minimum absolute atomic E-state index is 0.0149. The quantitative estimate of drug-likeness (QED) is 0.813. The van der Waals surface area contributed by atoms with Crippen molar-refractivity contribution in [1.29, 1.82) is 0 Å². The predicted molar refractivity (Wildman–Crippen MR) is 67.1 cm³/mol. The average Bonchev–Trinajstić information content (AvgIpc) is 2.45. The molecule has 0 unspecified atom stereocenters. The Labute approximate surface area is 107 Å². The number of aliphatic hydroxyl groups is 1. The number of methoxy groups -OCH3 is 1. The number of hydrogen-bond donors (Lipinski definition) is 1. The van der Waals surface area contributed by atoms with Crippen LogP contribution in [0, 0.1) is 0 Å². The summed E-state index contributed by atoms with van der Waals surface area (Å²) >= 11 is 0. The number of hydrogen-bond acceptors (Lipinski definition) is 4. The molecule has 18 heavy (non-hydrogen) atoms. The molecule has 1 heterocycles. The zero-order valence-corrected chi connectivity index (χ0v) is 10.6. The van der Waals surface area contributed by atoms with Gasteiger partial charge in [0.25, 0.3) is 0 Å². The van der Waals surface area contributed by atoms with Crippen LogP contribution in [0.4, 0.5) is 0 Å². The van der Waals surface area contributed by atoms with Crippen LogP contribution in [0.5, 0.6) is 0 Å². The lowest BCUT2D eigenvalue weighted by atomic mass is 9.96. The fraction of sp³-hybridized carbons (Fsp3) is 0.571. The Bertz CT molecular complexity index is 341. The van der Waals surface area contributed by atoms with E-state index in [4.69, 9.17) is 14.2 Å². The van der Waals surface area contributed by atoms with Gasteiger partial charge < -0.3 is 19.3 Å². The molecule has 0 saturated carbocycles. The highest BCUT2D eigenvalue weighted by molar-refractivity contribution is 5.18. The molecule has 1 aromatic rings. The SMILES string of the molecule is COCO[C@@H]1C[C@@H](CO)O[C@@H](c2ccccc2)C1. The van der Waals surface area contributed by atoms with E-state index in [0.717, 1.165) is 12.0 Å². The lowest BCUT2D eigenvalue weighted by Crippen LogP contribution is -2.35. The third kappa shape index (κ3) is 3.53. The summed E-state index contributed by atoms with van der Waals surface area (Å²) < 4.78 is 16.4. The van der Waals surface area contributed by atoms with E-state index < -0.39 is 0 Å². The van der Waals surface area contributed by atoms with Crippen molar-refractivity contribution in [3.63, 3.8) is 0 Å². The van der Waals surface area contributed by atoms with Crippen LogP contribution in [0.3, 0.4) is 0 Å².